The Bertz CT molecular complexity index is 769. The van der Waals surface area contributed by atoms with E-state index in [2.05, 4.69) is 17.3 Å². The number of ether oxygens (including phenoxy) is 1. The van der Waals surface area contributed by atoms with E-state index in [0.717, 1.165) is 16.3 Å². The number of carbonyl (C=O) groups excluding carboxylic acids is 2. The summed E-state index contributed by atoms with van der Waals surface area (Å²) in [5.41, 5.74) is 1.83. The van der Waals surface area contributed by atoms with Gasteiger partial charge in [0.15, 0.2) is 0 Å². The lowest BCUT2D eigenvalue weighted by Crippen LogP contribution is -2.42. The molecule has 1 unspecified atom stereocenters. The quantitative estimate of drug-likeness (QED) is 0.928. The molecule has 24 heavy (non-hydrogen) atoms. The maximum absolute atomic E-state index is 12.5. The summed E-state index contributed by atoms with van der Waals surface area (Å²) in [6, 6.07) is 11.2. The van der Waals surface area contributed by atoms with Crippen molar-refractivity contribution in [3.63, 3.8) is 0 Å². The molecule has 1 aromatic carbocycles. The predicted molar refractivity (Wildman–Crippen MR) is 92.7 cm³/mol. The first-order chi connectivity index (χ1) is 11.6. The number of carbonyl (C=O) groups is 2. The molecule has 1 aliphatic heterocycles. The summed E-state index contributed by atoms with van der Waals surface area (Å²) in [4.78, 5) is 25.0. The summed E-state index contributed by atoms with van der Waals surface area (Å²) in [5, 5.41) is 9.82. The number of nitrogens with zero attached hydrogens (tertiary/aromatic N) is 2. The molecule has 3 rings (SSSR count). The summed E-state index contributed by atoms with van der Waals surface area (Å²) in [7, 11) is 0. The highest BCUT2D eigenvalue weighted by Crippen LogP contribution is 2.22. The van der Waals surface area contributed by atoms with Crippen LogP contribution in [0.25, 0.3) is 0 Å². The van der Waals surface area contributed by atoms with Gasteiger partial charge in [0.2, 0.25) is 5.91 Å². The number of hydrogen-bond donors (Lipinski definition) is 1. The molecule has 1 aromatic heterocycles. The number of hydrazone groups is 1. The van der Waals surface area contributed by atoms with E-state index in [1.54, 1.807) is 0 Å². The van der Waals surface area contributed by atoms with E-state index in [4.69, 9.17) is 4.74 Å². The molecule has 0 saturated carbocycles. The van der Waals surface area contributed by atoms with Gasteiger partial charge in [-0.3, -0.25) is 9.59 Å². The molecule has 0 saturated heterocycles. The van der Waals surface area contributed by atoms with Crippen LogP contribution >= 0.6 is 11.3 Å². The second-order valence-corrected chi connectivity index (χ2v) is 6.20. The fourth-order valence-corrected chi connectivity index (χ4v) is 2.92. The molecule has 1 aliphatic rings. The Morgan fingerprint density at radius 1 is 1.29 bits per heavy atom. The van der Waals surface area contributed by atoms with Crippen LogP contribution in [-0.4, -0.2) is 28.9 Å². The number of rotatable bonds is 4. The Kier molecular flexibility index (Phi) is 4.61. The molecule has 124 valence electrons. The van der Waals surface area contributed by atoms with Crippen LogP contribution in [-0.2, 0) is 20.7 Å². The Hall–Kier alpha value is -2.67. The highest BCUT2D eigenvalue weighted by atomic mass is 32.1. The molecule has 7 heteroatoms. The Morgan fingerprint density at radius 3 is 2.62 bits per heavy atom. The molecule has 2 amide bonds. The average molecular weight is 343 g/mol. The van der Waals surface area contributed by atoms with E-state index < -0.39 is 12.1 Å². The van der Waals surface area contributed by atoms with Crippen LogP contribution in [0.2, 0.25) is 0 Å². The van der Waals surface area contributed by atoms with Crippen molar-refractivity contribution in [1.29, 1.82) is 0 Å². The second-order valence-electron chi connectivity index (χ2n) is 5.26. The van der Waals surface area contributed by atoms with Gasteiger partial charge in [0.25, 0.3) is 18.0 Å². The van der Waals surface area contributed by atoms with Crippen LogP contribution in [0.15, 0.2) is 46.9 Å². The number of hydrogen-bond acceptors (Lipinski definition) is 5. The zero-order valence-electron chi connectivity index (χ0n) is 13.4. The van der Waals surface area contributed by atoms with E-state index >= 15 is 0 Å². The fourth-order valence-electron chi connectivity index (χ4n) is 2.27. The van der Waals surface area contributed by atoms with Gasteiger partial charge < -0.3 is 10.1 Å². The highest BCUT2D eigenvalue weighted by Gasteiger charge is 2.37. The first kappa shape index (κ1) is 16.2. The minimum atomic E-state index is -1.11. The van der Waals surface area contributed by atoms with Crippen molar-refractivity contribution in [3.05, 3.63) is 52.2 Å². The van der Waals surface area contributed by atoms with Gasteiger partial charge in [-0.15, -0.1) is 16.4 Å². The zero-order chi connectivity index (χ0) is 17.1. The third-order valence-corrected chi connectivity index (χ3v) is 4.41. The SMILES string of the molecule is CCc1ccc(NC(=O)C2OC(c3cccs3)=NN2C(C)=O)cc1. The fraction of sp³-hybridized carbons (Fsp3) is 0.235. The van der Waals surface area contributed by atoms with E-state index in [-0.39, 0.29) is 11.8 Å². The number of aryl methyl sites for hydroxylation is 1. The topological polar surface area (TPSA) is 71.0 Å². The van der Waals surface area contributed by atoms with Crippen molar-refractivity contribution in [2.45, 2.75) is 26.5 Å². The van der Waals surface area contributed by atoms with Crippen LogP contribution in [0.1, 0.15) is 24.3 Å². The predicted octanol–water partition coefficient (Wildman–Crippen LogP) is 2.82. The largest absolute Gasteiger partial charge is 0.440 e. The van der Waals surface area contributed by atoms with E-state index in [1.165, 1.54) is 23.8 Å². The number of anilines is 1. The number of nitrogens with one attached hydrogen (secondary N) is 1. The van der Waals surface area contributed by atoms with Crippen LogP contribution < -0.4 is 5.32 Å². The number of amides is 2. The van der Waals surface area contributed by atoms with Gasteiger partial charge in [-0.2, -0.15) is 5.01 Å². The molecular formula is C17H17N3O3S. The molecule has 0 aliphatic carbocycles. The van der Waals surface area contributed by atoms with Crippen molar-refractivity contribution in [1.82, 2.24) is 5.01 Å². The van der Waals surface area contributed by atoms with E-state index in [1.807, 2.05) is 41.8 Å². The van der Waals surface area contributed by atoms with Gasteiger partial charge >= 0.3 is 0 Å². The molecule has 6 nitrogen and oxygen atoms in total. The van der Waals surface area contributed by atoms with Gasteiger partial charge in [-0.25, -0.2) is 0 Å². The second kappa shape index (κ2) is 6.84. The van der Waals surface area contributed by atoms with Crippen molar-refractivity contribution in [2.75, 3.05) is 5.32 Å². The zero-order valence-corrected chi connectivity index (χ0v) is 14.2. The Labute approximate surface area is 143 Å². The molecule has 0 radical (unpaired) electrons. The maximum atomic E-state index is 12.5. The van der Waals surface area contributed by atoms with Crippen molar-refractivity contribution in [2.24, 2.45) is 5.10 Å². The first-order valence-corrected chi connectivity index (χ1v) is 8.45. The minimum Gasteiger partial charge on any atom is -0.440 e. The van der Waals surface area contributed by atoms with E-state index in [9.17, 15) is 9.59 Å². The summed E-state index contributed by atoms with van der Waals surface area (Å²) in [6.45, 7) is 3.41. The molecule has 0 fully saturated rings. The lowest BCUT2D eigenvalue weighted by Gasteiger charge is -2.18. The standard InChI is InChI=1S/C17H17N3O3S/c1-3-12-6-8-13(9-7-12)18-15(22)17-20(11(2)21)19-16(23-17)14-5-4-10-24-14/h4-10,17H,3H2,1-2H3,(H,18,22). The Morgan fingerprint density at radius 2 is 2.04 bits per heavy atom. The molecule has 0 bridgehead atoms. The number of thiophene rings is 1. The lowest BCUT2D eigenvalue weighted by atomic mass is 10.1. The van der Waals surface area contributed by atoms with Gasteiger partial charge in [0.05, 0.1) is 4.88 Å². The minimum absolute atomic E-state index is 0.279. The smallest absolute Gasteiger partial charge is 0.289 e. The highest BCUT2D eigenvalue weighted by molar-refractivity contribution is 7.12. The molecule has 1 N–H and O–H groups in total. The van der Waals surface area contributed by atoms with Crippen LogP contribution in [0.3, 0.4) is 0 Å². The van der Waals surface area contributed by atoms with Crippen molar-refractivity contribution < 1.29 is 14.3 Å². The molecule has 1 atom stereocenters. The first-order valence-electron chi connectivity index (χ1n) is 7.57. The number of benzene rings is 1. The van der Waals surface area contributed by atoms with Crippen LogP contribution in [0.4, 0.5) is 5.69 Å². The van der Waals surface area contributed by atoms with Crippen LogP contribution in [0, 0.1) is 0 Å². The monoisotopic (exact) mass is 343 g/mol. The third-order valence-electron chi connectivity index (χ3n) is 3.55. The average Bonchev–Trinajstić information content (AvgIpc) is 3.24. The normalized spacial score (nSPS) is 16.5. The van der Waals surface area contributed by atoms with Gasteiger partial charge in [0.1, 0.15) is 0 Å². The summed E-state index contributed by atoms with van der Waals surface area (Å²) in [5.74, 6) is -0.519. The lowest BCUT2D eigenvalue weighted by molar-refractivity contribution is -0.143. The molecular weight excluding hydrogens is 326 g/mol. The maximum Gasteiger partial charge on any atom is 0.289 e. The van der Waals surface area contributed by atoms with Crippen molar-refractivity contribution >= 4 is 34.7 Å². The van der Waals surface area contributed by atoms with Gasteiger partial charge in [-0.1, -0.05) is 25.1 Å². The third kappa shape index (κ3) is 3.30. The molecule has 2 heterocycles. The van der Waals surface area contributed by atoms with Gasteiger partial charge in [-0.05, 0) is 35.6 Å². The summed E-state index contributed by atoms with van der Waals surface area (Å²) < 4.78 is 5.61. The summed E-state index contributed by atoms with van der Waals surface area (Å²) in [6.07, 6.45) is -0.179. The molecule has 0 spiro atoms. The Balaban J connectivity index is 1.75. The van der Waals surface area contributed by atoms with Crippen molar-refractivity contribution in [3.8, 4) is 0 Å². The molecule has 2 aromatic rings. The summed E-state index contributed by atoms with van der Waals surface area (Å²) >= 11 is 1.43. The van der Waals surface area contributed by atoms with Crippen LogP contribution in [0.5, 0.6) is 0 Å². The van der Waals surface area contributed by atoms with Gasteiger partial charge in [0, 0.05) is 12.6 Å². The van der Waals surface area contributed by atoms with E-state index in [0.29, 0.717) is 5.69 Å².